The summed E-state index contributed by atoms with van der Waals surface area (Å²) in [6.45, 7) is 1.71. The van der Waals surface area contributed by atoms with Crippen LogP contribution in [-0.4, -0.2) is 38.6 Å². The van der Waals surface area contributed by atoms with E-state index in [1.807, 2.05) is 4.90 Å². The number of benzene rings is 1. The Balaban J connectivity index is 1.94. The van der Waals surface area contributed by atoms with E-state index in [0.29, 0.717) is 12.1 Å². The van der Waals surface area contributed by atoms with Gasteiger partial charge in [0.2, 0.25) is 15.9 Å². The lowest BCUT2D eigenvalue weighted by molar-refractivity contribution is -0.131. The van der Waals surface area contributed by atoms with Gasteiger partial charge >= 0.3 is 0 Å². The first-order valence-electron chi connectivity index (χ1n) is 6.78. The van der Waals surface area contributed by atoms with Gasteiger partial charge in [-0.05, 0) is 37.0 Å². The van der Waals surface area contributed by atoms with Crippen LogP contribution in [0.4, 0.5) is 5.69 Å². The molecule has 0 atom stereocenters. The number of carbonyl (C=O) groups excluding carboxylic acids is 1. The van der Waals surface area contributed by atoms with Crippen molar-refractivity contribution in [1.82, 2.24) is 4.90 Å². The van der Waals surface area contributed by atoms with Gasteiger partial charge in [-0.25, -0.2) is 8.42 Å². The minimum Gasteiger partial charge on any atom is -0.342 e. The molecule has 5 nitrogen and oxygen atoms in total. The summed E-state index contributed by atoms with van der Waals surface area (Å²) in [5, 5.41) is 0. The number of amides is 1. The minimum absolute atomic E-state index is 0.147. The van der Waals surface area contributed by atoms with E-state index < -0.39 is 10.0 Å². The third kappa shape index (κ3) is 4.52. The fourth-order valence-electron chi connectivity index (χ4n) is 2.33. The van der Waals surface area contributed by atoms with E-state index in [0.717, 1.165) is 37.8 Å². The zero-order valence-electron chi connectivity index (χ0n) is 11.6. The molecule has 20 heavy (non-hydrogen) atoms. The van der Waals surface area contributed by atoms with Gasteiger partial charge in [0.1, 0.15) is 0 Å². The van der Waals surface area contributed by atoms with E-state index in [1.165, 1.54) is 6.42 Å². The van der Waals surface area contributed by atoms with Gasteiger partial charge < -0.3 is 4.90 Å². The first-order chi connectivity index (χ1) is 9.44. The molecular weight excluding hydrogens is 276 g/mol. The first kappa shape index (κ1) is 14.8. The zero-order chi connectivity index (χ0) is 14.6. The van der Waals surface area contributed by atoms with Gasteiger partial charge in [-0.1, -0.05) is 12.1 Å². The molecule has 1 saturated heterocycles. The van der Waals surface area contributed by atoms with Gasteiger partial charge in [-0.3, -0.25) is 9.52 Å². The molecule has 1 aliphatic rings. The summed E-state index contributed by atoms with van der Waals surface area (Å²) in [5.74, 6) is 0.147. The van der Waals surface area contributed by atoms with Crippen molar-refractivity contribution in [3.63, 3.8) is 0 Å². The van der Waals surface area contributed by atoms with Crippen LogP contribution in [0.1, 0.15) is 24.8 Å². The Kier molecular flexibility index (Phi) is 4.65. The van der Waals surface area contributed by atoms with Gasteiger partial charge in [0, 0.05) is 18.8 Å². The number of piperidine rings is 1. The van der Waals surface area contributed by atoms with Crippen LogP contribution in [0.15, 0.2) is 24.3 Å². The standard InChI is InChI=1S/C14H20N2O3S/c1-20(18,19)15-13-7-5-12(6-8-13)11-14(17)16-9-3-2-4-10-16/h5-8,15H,2-4,9-11H2,1H3. The molecule has 0 saturated carbocycles. The molecule has 110 valence electrons. The highest BCUT2D eigenvalue weighted by Gasteiger charge is 2.16. The Morgan fingerprint density at radius 2 is 1.75 bits per heavy atom. The van der Waals surface area contributed by atoms with Gasteiger partial charge in [0.15, 0.2) is 0 Å². The number of sulfonamides is 1. The molecule has 1 aromatic carbocycles. The van der Waals surface area contributed by atoms with Crippen molar-refractivity contribution < 1.29 is 13.2 Å². The number of likely N-dealkylation sites (tertiary alicyclic amines) is 1. The van der Waals surface area contributed by atoms with E-state index in [9.17, 15) is 13.2 Å². The lowest BCUT2D eigenvalue weighted by atomic mass is 10.1. The molecule has 0 aromatic heterocycles. The molecular formula is C14H20N2O3S. The van der Waals surface area contributed by atoms with Crippen molar-refractivity contribution >= 4 is 21.6 Å². The summed E-state index contributed by atoms with van der Waals surface area (Å²) in [4.78, 5) is 14.0. The summed E-state index contributed by atoms with van der Waals surface area (Å²) < 4.78 is 24.6. The average Bonchev–Trinajstić information content (AvgIpc) is 2.40. The maximum Gasteiger partial charge on any atom is 0.229 e. The second-order valence-electron chi connectivity index (χ2n) is 5.19. The Morgan fingerprint density at radius 3 is 2.30 bits per heavy atom. The molecule has 1 fully saturated rings. The van der Waals surface area contributed by atoms with Crippen LogP contribution in [0.5, 0.6) is 0 Å². The fourth-order valence-corrected chi connectivity index (χ4v) is 2.90. The van der Waals surface area contributed by atoms with Crippen LogP contribution in [0.3, 0.4) is 0 Å². The molecule has 0 radical (unpaired) electrons. The van der Waals surface area contributed by atoms with E-state index in [1.54, 1.807) is 24.3 Å². The van der Waals surface area contributed by atoms with E-state index in [-0.39, 0.29) is 5.91 Å². The predicted molar refractivity (Wildman–Crippen MR) is 79.0 cm³/mol. The van der Waals surface area contributed by atoms with Crippen LogP contribution in [0, 0.1) is 0 Å². The normalized spacial score (nSPS) is 15.9. The smallest absolute Gasteiger partial charge is 0.229 e. The molecule has 6 heteroatoms. The maximum absolute atomic E-state index is 12.1. The Bertz CT molecular complexity index is 561. The molecule has 0 spiro atoms. The summed E-state index contributed by atoms with van der Waals surface area (Å²) in [6.07, 6.45) is 4.86. The van der Waals surface area contributed by atoms with Crippen LogP contribution < -0.4 is 4.72 Å². The summed E-state index contributed by atoms with van der Waals surface area (Å²) >= 11 is 0. The largest absolute Gasteiger partial charge is 0.342 e. The lowest BCUT2D eigenvalue weighted by Gasteiger charge is -2.26. The Hall–Kier alpha value is -1.56. The number of hydrogen-bond acceptors (Lipinski definition) is 3. The third-order valence-electron chi connectivity index (χ3n) is 3.32. The molecule has 1 aromatic rings. The van der Waals surface area contributed by atoms with Crippen LogP contribution in [0.2, 0.25) is 0 Å². The van der Waals surface area contributed by atoms with Crippen molar-refractivity contribution in [1.29, 1.82) is 0 Å². The quantitative estimate of drug-likeness (QED) is 0.918. The Labute approximate surface area is 120 Å². The van der Waals surface area contributed by atoms with Crippen LogP contribution in [0.25, 0.3) is 0 Å². The third-order valence-corrected chi connectivity index (χ3v) is 3.93. The molecule has 1 heterocycles. The van der Waals surface area contributed by atoms with Crippen LogP contribution >= 0.6 is 0 Å². The van der Waals surface area contributed by atoms with Gasteiger partial charge in [0.25, 0.3) is 0 Å². The zero-order valence-corrected chi connectivity index (χ0v) is 12.4. The van der Waals surface area contributed by atoms with Crippen molar-refractivity contribution in [3.8, 4) is 0 Å². The highest BCUT2D eigenvalue weighted by Crippen LogP contribution is 2.14. The van der Waals surface area contributed by atoms with Gasteiger partial charge in [-0.15, -0.1) is 0 Å². The lowest BCUT2D eigenvalue weighted by Crippen LogP contribution is -2.36. The number of rotatable bonds is 4. The van der Waals surface area contributed by atoms with Crippen molar-refractivity contribution in [3.05, 3.63) is 29.8 Å². The minimum atomic E-state index is -3.26. The van der Waals surface area contributed by atoms with E-state index in [4.69, 9.17) is 0 Å². The molecule has 1 aliphatic heterocycles. The predicted octanol–water partition coefficient (Wildman–Crippen LogP) is 1.61. The second kappa shape index (κ2) is 6.26. The van der Waals surface area contributed by atoms with E-state index in [2.05, 4.69) is 4.72 Å². The maximum atomic E-state index is 12.1. The Morgan fingerprint density at radius 1 is 1.15 bits per heavy atom. The number of nitrogens with one attached hydrogen (secondary N) is 1. The summed E-state index contributed by atoms with van der Waals surface area (Å²) in [7, 11) is -3.26. The van der Waals surface area contributed by atoms with Crippen molar-refractivity contribution in [2.75, 3.05) is 24.1 Å². The molecule has 0 aliphatic carbocycles. The van der Waals surface area contributed by atoms with Gasteiger partial charge in [-0.2, -0.15) is 0 Å². The van der Waals surface area contributed by atoms with E-state index >= 15 is 0 Å². The van der Waals surface area contributed by atoms with Crippen molar-refractivity contribution in [2.24, 2.45) is 0 Å². The summed E-state index contributed by atoms with van der Waals surface area (Å²) in [6, 6.07) is 6.93. The number of carbonyl (C=O) groups is 1. The molecule has 2 rings (SSSR count). The average molecular weight is 296 g/mol. The monoisotopic (exact) mass is 296 g/mol. The molecule has 1 N–H and O–H groups in total. The number of nitrogens with zero attached hydrogens (tertiary/aromatic N) is 1. The molecule has 0 bridgehead atoms. The highest BCUT2D eigenvalue weighted by atomic mass is 32.2. The molecule has 0 unspecified atom stereocenters. The topological polar surface area (TPSA) is 66.5 Å². The SMILES string of the molecule is CS(=O)(=O)Nc1ccc(CC(=O)N2CCCCC2)cc1. The van der Waals surface area contributed by atoms with Crippen LogP contribution in [-0.2, 0) is 21.2 Å². The van der Waals surface area contributed by atoms with Crippen molar-refractivity contribution in [2.45, 2.75) is 25.7 Å². The highest BCUT2D eigenvalue weighted by molar-refractivity contribution is 7.92. The first-order valence-corrected chi connectivity index (χ1v) is 8.68. The number of hydrogen-bond donors (Lipinski definition) is 1. The second-order valence-corrected chi connectivity index (χ2v) is 6.94. The molecule has 1 amide bonds. The summed E-state index contributed by atoms with van der Waals surface area (Å²) in [5.41, 5.74) is 1.42. The fraction of sp³-hybridized carbons (Fsp3) is 0.500. The number of anilines is 1. The van der Waals surface area contributed by atoms with Gasteiger partial charge in [0.05, 0.1) is 12.7 Å².